The molecule has 14 heavy (non-hydrogen) atoms. The average Bonchev–Trinajstić information content (AvgIpc) is 2.12. The molecule has 0 aromatic rings. The van der Waals surface area contributed by atoms with E-state index < -0.39 is 6.10 Å². The van der Waals surface area contributed by atoms with Crippen molar-refractivity contribution < 1.29 is 19.1 Å². The first-order chi connectivity index (χ1) is 6.57. The minimum Gasteiger partial charge on any atom is -0.464 e. The number of hydrogen-bond acceptors (Lipinski definition) is 4. The van der Waals surface area contributed by atoms with Gasteiger partial charge in [-0.15, -0.1) is 0 Å². The third-order valence-corrected chi connectivity index (χ3v) is 1.46. The summed E-state index contributed by atoms with van der Waals surface area (Å²) in [5, 5.41) is 2.56. The third kappa shape index (κ3) is 6.42. The number of esters is 1. The molecule has 1 N–H and O–H groups in total. The molecule has 0 unspecified atom stereocenters. The molecule has 0 saturated carbocycles. The van der Waals surface area contributed by atoms with Gasteiger partial charge in [0.15, 0.2) is 6.10 Å². The van der Waals surface area contributed by atoms with E-state index in [1.54, 1.807) is 13.8 Å². The van der Waals surface area contributed by atoms with Gasteiger partial charge in [-0.1, -0.05) is 0 Å². The highest BCUT2D eigenvalue weighted by atomic mass is 16.6. The van der Waals surface area contributed by atoms with Crippen molar-refractivity contribution in [1.82, 2.24) is 5.32 Å². The normalized spacial score (nSPS) is 11.9. The molecule has 1 atom stereocenters. The number of nitrogens with one attached hydrogen (secondary N) is 1. The van der Waals surface area contributed by atoms with Gasteiger partial charge in [-0.3, -0.25) is 4.79 Å². The monoisotopic (exact) mass is 203 g/mol. The van der Waals surface area contributed by atoms with Gasteiger partial charge in [-0.25, -0.2) is 4.79 Å². The molecule has 0 saturated heterocycles. The molecule has 0 aliphatic carbocycles. The van der Waals surface area contributed by atoms with Crippen molar-refractivity contribution in [3.8, 4) is 0 Å². The largest absolute Gasteiger partial charge is 0.464 e. The van der Waals surface area contributed by atoms with Crippen molar-refractivity contribution in [2.45, 2.75) is 26.9 Å². The van der Waals surface area contributed by atoms with Crippen LogP contribution in [0.4, 0.5) is 0 Å². The van der Waals surface area contributed by atoms with Gasteiger partial charge >= 0.3 is 5.97 Å². The first-order valence-electron chi connectivity index (χ1n) is 4.60. The van der Waals surface area contributed by atoms with Gasteiger partial charge in [0, 0.05) is 13.5 Å². The molecule has 0 heterocycles. The Morgan fingerprint density at radius 1 is 1.43 bits per heavy atom. The molecular weight excluding hydrogens is 186 g/mol. The fourth-order valence-corrected chi connectivity index (χ4v) is 0.790. The van der Waals surface area contributed by atoms with Crippen LogP contribution in [0.5, 0.6) is 0 Å². The van der Waals surface area contributed by atoms with Crippen molar-refractivity contribution in [2.75, 3.05) is 19.8 Å². The zero-order valence-electron chi connectivity index (χ0n) is 8.83. The van der Waals surface area contributed by atoms with Crippen LogP contribution in [0.1, 0.15) is 20.8 Å². The smallest absolute Gasteiger partial charge is 0.334 e. The van der Waals surface area contributed by atoms with Crippen LogP contribution in [-0.2, 0) is 19.1 Å². The standard InChI is InChI=1S/C9H17NO4/c1-4-13-9(12)7(2)14-6-5-10-8(3)11/h7H,4-6H2,1-3H3,(H,10,11)/t7-/m0/s1. The number of carbonyl (C=O) groups excluding carboxylic acids is 2. The van der Waals surface area contributed by atoms with E-state index in [-0.39, 0.29) is 11.9 Å². The van der Waals surface area contributed by atoms with Crippen molar-refractivity contribution in [2.24, 2.45) is 0 Å². The Bertz CT molecular complexity index is 193. The van der Waals surface area contributed by atoms with E-state index in [1.807, 2.05) is 0 Å². The lowest BCUT2D eigenvalue weighted by molar-refractivity contribution is -0.155. The summed E-state index contributed by atoms with van der Waals surface area (Å²) in [6.45, 7) is 5.83. The topological polar surface area (TPSA) is 64.6 Å². The highest BCUT2D eigenvalue weighted by molar-refractivity contribution is 5.74. The molecule has 5 nitrogen and oxygen atoms in total. The molecule has 0 aliphatic heterocycles. The summed E-state index contributed by atoms with van der Waals surface area (Å²) in [4.78, 5) is 21.5. The average molecular weight is 203 g/mol. The first-order valence-corrected chi connectivity index (χ1v) is 4.60. The Balaban J connectivity index is 3.48. The molecule has 0 fully saturated rings. The molecule has 0 rings (SSSR count). The lowest BCUT2D eigenvalue weighted by Crippen LogP contribution is -2.29. The Morgan fingerprint density at radius 2 is 2.07 bits per heavy atom. The minimum absolute atomic E-state index is 0.114. The molecular formula is C9H17NO4. The molecule has 0 aromatic heterocycles. The molecule has 0 spiro atoms. The van der Waals surface area contributed by atoms with E-state index in [0.717, 1.165) is 0 Å². The summed E-state index contributed by atoms with van der Waals surface area (Å²) in [5.74, 6) is -0.493. The molecule has 0 aliphatic rings. The van der Waals surface area contributed by atoms with E-state index in [0.29, 0.717) is 19.8 Å². The predicted molar refractivity (Wildman–Crippen MR) is 50.7 cm³/mol. The fraction of sp³-hybridized carbons (Fsp3) is 0.778. The van der Waals surface area contributed by atoms with Gasteiger partial charge in [0.1, 0.15) is 0 Å². The summed E-state index contributed by atoms with van der Waals surface area (Å²) < 4.78 is 9.85. The van der Waals surface area contributed by atoms with Crippen molar-refractivity contribution >= 4 is 11.9 Å². The number of rotatable bonds is 6. The Kier molecular flexibility index (Phi) is 6.74. The summed E-state index contributed by atoms with van der Waals surface area (Å²) in [6.07, 6.45) is -0.580. The summed E-state index contributed by atoms with van der Waals surface area (Å²) in [7, 11) is 0. The number of hydrogen-bond donors (Lipinski definition) is 1. The molecule has 0 radical (unpaired) electrons. The Morgan fingerprint density at radius 3 is 2.57 bits per heavy atom. The van der Waals surface area contributed by atoms with Gasteiger partial charge in [-0.2, -0.15) is 0 Å². The first kappa shape index (κ1) is 12.9. The molecule has 0 bridgehead atoms. The van der Waals surface area contributed by atoms with E-state index in [1.165, 1.54) is 6.92 Å². The number of carbonyl (C=O) groups is 2. The minimum atomic E-state index is -0.580. The van der Waals surface area contributed by atoms with E-state index in [4.69, 9.17) is 9.47 Å². The van der Waals surface area contributed by atoms with E-state index in [9.17, 15) is 9.59 Å². The molecule has 82 valence electrons. The van der Waals surface area contributed by atoms with Crippen LogP contribution >= 0.6 is 0 Å². The lowest BCUT2D eigenvalue weighted by atomic mass is 10.4. The third-order valence-electron chi connectivity index (χ3n) is 1.46. The maximum absolute atomic E-state index is 11.0. The van der Waals surface area contributed by atoms with Crippen LogP contribution in [0, 0.1) is 0 Å². The van der Waals surface area contributed by atoms with Gasteiger partial charge < -0.3 is 14.8 Å². The molecule has 5 heteroatoms. The molecule has 0 aromatic carbocycles. The van der Waals surface area contributed by atoms with Crippen LogP contribution in [0.25, 0.3) is 0 Å². The SMILES string of the molecule is CCOC(=O)[C@H](C)OCCNC(C)=O. The maximum Gasteiger partial charge on any atom is 0.334 e. The van der Waals surface area contributed by atoms with Crippen LogP contribution in [-0.4, -0.2) is 37.7 Å². The summed E-state index contributed by atoms with van der Waals surface area (Å²) in [5.41, 5.74) is 0. The lowest BCUT2D eigenvalue weighted by Gasteiger charge is -2.11. The predicted octanol–water partition coefficient (Wildman–Crippen LogP) is 0.0907. The summed E-state index contributed by atoms with van der Waals surface area (Å²) >= 11 is 0. The second kappa shape index (κ2) is 7.32. The van der Waals surface area contributed by atoms with Gasteiger partial charge in [-0.05, 0) is 13.8 Å². The van der Waals surface area contributed by atoms with Crippen LogP contribution in [0.2, 0.25) is 0 Å². The summed E-state index contributed by atoms with van der Waals surface area (Å²) in [6, 6.07) is 0. The van der Waals surface area contributed by atoms with Gasteiger partial charge in [0.05, 0.1) is 13.2 Å². The number of ether oxygens (including phenoxy) is 2. The Hall–Kier alpha value is -1.10. The van der Waals surface area contributed by atoms with Gasteiger partial charge in [0.25, 0.3) is 0 Å². The van der Waals surface area contributed by atoms with E-state index in [2.05, 4.69) is 5.32 Å². The second-order valence-electron chi connectivity index (χ2n) is 2.75. The molecule has 1 amide bonds. The zero-order chi connectivity index (χ0) is 11.0. The van der Waals surface area contributed by atoms with Crippen LogP contribution in [0.3, 0.4) is 0 Å². The number of amides is 1. The Labute approximate surface area is 83.8 Å². The highest BCUT2D eigenvalue weighted by Gasteiger charge is 2.13. The van der Waals surface area contributed by atoms with Crippen molar-refractivity contribution in [1.29, 1.82) is 0 Å². The van der Waals surface area contributed by atoms with Crippen LogP contribution < -0.4 is 5.32 Å². The fourth-order valence-electron chi connectivity index (χ4n) is 0.790. The van der Waals surface area contributed by atoms with Crippen LogP contribution in [0.15, 0.2) is 0 Å². The second-order valence-corrected chi connectivity index (χ2v) is 2.75. The zero-order valence-corrected chi connectivity index (χ0v) is 8.83. The van der Waals surface area contributed by atoms with Gasteiger partial charge in [0.2, 0.25) is 5.91 Å². The van der Waals surface area contributed by atoms with Crippen molar-refractivity contribution in [3.05, 3.63) is 0 Å². The quantitative estimate of drug-likeness (QED) is 0.491. The highest BCUT2D eigenvalue weighted by Crippen LogP contribution is 1.93. The maximum atomic E-state index is 11.0. The van der Waals surface area contributed by atoms with Crippen molar-refractivity contribution in [3.63, 3.8) is 0 Å². The van der Waals surface area contributed by atoms with E-state index >= 15 is 0 Å².